The number of aromatic amines is 1. The monoisotopic (exact) mass is 1110 g/mol. The van der Waals surface area contributed by atoms with Gasteiger partial charge in [0, 0.05) is 32.3 Å². The zero-order valence-electron chi connectivity index (χ0n) is 50.0. The minimum Gasteiger partial charge on any atom is -0.494 e. The number of anilines is 1. The molecule has 4 aromatic carbocycles. The summed E-state index contributed by atoms with van der Waals surface area (Å²) in [5.74, 6) is 2.37. The second kappa shape index (κ2) is 37.8. The van der Waals surface area contributed by atoms with Gasteiger partial charge in [-0.1, -0.05) is 193 Å². The van der Waals surface area contributed by atoms with E-state index in [0.717, 1.165) is 98.1 Å². The van der Waals surface area contributed by atoms with Gasteiger partial charge in [0.2, 0.25) is 5.88 Å². The van der Waals surface area contributed by atoms with Crippen LogP contribution in [0.1, 0.15) is 222 Å². The van der Waals surface area contributed by atoms with Crippen LogP contribution in [0.15, 0.2) is 95.5 Å². The first-order valence-electron chi connectivity index (χ1n) is 30.8. The van der Waals surface area contributed by atoms with Gasteiger partial charge in [0.05, 0.1) is 30.6 Å². The highest BCUT2D eigenvalue weighted by molar-refractivity contribution is 7.71. The van der Waals surface area contributed by atoms with Crippen LogP contribution in [0.25, 0.3) is 23.3 Å². The van der Waals surface area contributed by atoms with Crippen molar-refractivity contribution >= 4 is 36.0 Å². The van der Waals surface area contributed by atoms with Crippen LogP contribution >= 0.6 is 12.2 Å². The predicted molar refractivity (Wildman–Crippen MR) is 336 cm³/mol. The van der Waals surface area contributed by atoms with E-state index in [-0.39, 0.29) is 29.7 Å². The third kappa shape index (κ3) is 23.2. The second-order valence-electron chi connectivity index (χ2n) is 21.7. The Morgan fingerprint density at radius 1 is 0.613 bits per heavy atom. The highest BCUT2D eigenvalue weighted by Crippen LogP contribution is 2.37. The number of esters is 1. The van der Waals surface area contributed by atoms with Crippen molar-refractivity contribution in [1.82, 2.24) is 9.55 Å². The van der Waals surface area contributed by atoms with E-state index < -0.39 is 5.97 Å². The fourth-order valence-corrected chi connectivity index (χ4v) is 9.92. The van der Waals surface area contributed by atoms with E-state index in [1.807, 2.05) is 79.7 Å². The lowest BCUT2D eigenvalue weighted by Gasteiger charge is -2.23. The van der Waals surface area contributed by atoms with Crippen molar-refractivity contribution < 1.29 is 28.5 Å². The third-order valence-electron chi connectivity index (χ3n) is 14.6. The van der Waals surface area contributed by atoms with Gasteiger partial charge >= 0.3 is 5.97 Å². The van der Waals surface area contributed by atoms with E-state index >= 15 is 0 Å². The first-order chi connectivity index (χ1) is 39.0. The number of aromatic nitrogens is 2. The van der Waals surface area contributed by atoms with Gasteiger partial charge in [0.15, 0.2) is 4.77 Å². The summed E-state index contributed by atoms with van der Waals surface area (Å²) >= 11 is 5.78. The fraction of sp³-hybridized carbons (Fsp3) is 0.536. The van der Waals surface area contributed by atoms with Crippen molar-refractivity contribution in [3.8, 4) is 40.0 Å². The average molecular weight is 1110 g/mol. The topological polar surface area (TPSA) is 104 Å². The van der Waals surface area contributed by atoms with Crippen LogP contribution in [0.4, 0.5) is 5.69 Å². The Bertz CT molecular complexity index is 2720. The number of unbranched alkanes of at least 4 members (excludes halogenated alkanes) is 20. The number of benzene rings is 4. The van der Waals surface area contributed by atoms with Gasteiger partial charge < -0.3 is 33.6 Å². The molecule has 11 heteroatoms. The van der Waals surface area contributed by atoms with Crippen molar-refractivity contribution in [2.75, 3.05) is 32.2 Å². The van der Waals surface area contributed by atoms with E-state index in [9.17, 15) is 9.59 Å². The summed E-state index contributed by atoms with van der Waals surface area (Å²) in [5.41, 5.74) is 7.89. The minimum atomic E-state index is -0.511. The Hall–Kier alpha value is -6.03. The SMILES string of the molecule is CCCCCCCCCCOc1ccc(COc2[nH]c(=S)n(CCCCCC)c(=O)c2C=C=Cc2cc(O[C@@H](C)CCCCCC)c(N(C)C)cc2OC(=O)c2ccc(-c3ccc(OCCCCCCCCCC)cc3)cc2)cc1. The summed E-state index contributed by atoms with van der Waals surface area (Å²) in [7, 11) is 3.89. The summed E-state index contributed by atoms with van der Waals surface area (Å²) in [6.07, 6.45) is 32.8. The maximum atomic E-state index is 14.4. The lowest BCUT2D eigenvalue weighted by Crippen LogP contribution is -2.25. The Kier molecular flexibility index (Phi) is 30.6. The van der Waals surface area contributed by atoms with Crippen LogP contribution in [0.3, 0.4) is 0 Å². The minimum absolute atomic E-state index is 0.0559. The summed E-state index contributed by atoms with van der Waals surface area (Å²) in [4.78, 5) is 33.7. The van der Waals surface area contributed by atoms with E-state index in [1.165, 1.54) is 96.3 Å². The molecule has 0 aliphatic rings. The van der Waals surface area contributed by atoms with Gasteiger partial charge in [-0.3, -0.25) is 9.36 Å². The molecule has 0 radical (unpaired) electrons. The zero-order chi connectivity index (χ0) is 57.2. The molecule has 1 N–H and O–H groups in total. The number of ether oxygens (including phenoxy) is 5. The van der Waals surface area contributed by atoms with Crippen LogP contribution in [-0.2, 0) is 13.2 Å². The fourth-order valence-electron chi connectivity index (χ4n) is 9.66. The Morgan fingerprint density at radius 2 is 1.11 bits per heavy atom. The highest BCUT2D eigenvalue weighted by Gasteiger charge is 2.19. The van der Waals surface area contributed by atoms with Gasteiger partial charge in [0.1, 0.15) is 35.2 Å². The Labute approximate surface area is 486 Å². The molecule has 0 spiro atoms. The Morgan fingerprint density at radius 3 is 1.66 bits per heavy atom. The number of hydrogen-bond donors (Lipinski definition) is 1. The molecule has 10 nitrogen and oxygen atoms in total. The van der Waals surface area contributed by atoms with Gasteiger partial charge in [-0.05, 0) is 123 Å². The van der Waals surface area contributed by atoms with Crippen molar-refractivity contribution in [2.45, 2.75) is 214 Å². The number of carbonyl (C=O) groups excluding carboxylic acids is 1. The van der Waals surface area contributed by atoms with Crippen molar-refractivity contribution in [3.63, 3.8) is 0 Å². The molecule has 0 saturated carbocycles. The van der Waals surface area contributed by atoms with Gasteiger partial charge in [-0.25, -0.2) is 4.79 Å². The first kappa shape index (κ1) is 64.8. The second-order valence-corrected chi connectivity index (χ2v) is 22.1. The molecule has 0 unspecified atom stereocenters. The number of hydrogen-bond acceptors (Lipinski definition) is 9. The van der Waals surface area contributed by atoms with E-state index in [4.69, 9.17) is 35.9 Å². The maximum Gasteiger partial charge on any atom is 0.343 e. The van der Waals surface area contributed by atoms with E-state index in [0.29, 0.717) is 47.2 Å². The number of nitrogens with zero attached hydrogens (tertiary/aromatic N) is 2. The molecule has 0 aliphatic carbocycles. The Balaban J connectivity index is 1.37. The van der Waals surface area contributed by atoms with Gasteiger partial charge in [-0.15, -0.1) is 5.73 Å². The van der Waals surface area contributed by atoms with Crippen LogP contribution in [0, 0.1) is 4.77 Å². The maximum absolute atomic E-state index is 14.4. The standard InChI is InChI=1S/C69H97N3O7S/c1-8-12-16-20-22-24-26-30-49-75-60-44-36-55(37-45-60)53-77-66-62(67(73)72(69(80)70-66)48-29-19-15-11-4)35-32-34-59-51-65(78-54(5)33-28-18-14-10-3)63(71(6)7)52-64(59)79-68(74)58-40-38-56(39-41-58)57-42-46-61(47-43-57)76-50-31-27-25-23-21-17-13-9-2/h34-47,51-52,54H,8-31,33,48-50,53H2,1-7H3,(H,70,80)/t32?,54-/m0/s1. The smallest absolute Gasteiger partial charge is 0.343 e. The molecule has 0 amide bonds. The van der Waals surface area contributed by atoms with E-state index in [1.54, 1.807) is 28.9 Å². The van der Waals surface area contributed by atoms with Crippen molar-refractivity contribution in [3.05, 3.63) is 128 Å². The molecular weight excluding hydrogens is 1010 g/mol. The molecule has 5 rings (SSSR count). The molecule has 5 aromatic rings. The van der Waals surface area contributed by atoms with Gasteiger partial charge in [0.25, 0.3) is 5.56 Å². The molecule has 0 aliphatic heterocycles. The number of H-pyrrole nitrogens is 1. The molecule has 1 aromatic heterocycles. The summed E-state index contributed by atoms with van der Waals surface area (Å²) in [5, 5.41) is 0. The normalized spacial score (nSPS) is 11.4. The van der Waals surface area contributed by atoms with Crippen molar-refractivity contribution in [2.24, 2.45) is 0 Å². The largest absolute Gasteiger partial charge is 0.494 e. The predicted octanol–water partition coefficient (Wildman–Crippen LogP) is 19.1. The third-order valence-corrected chi connectivity index (χ3v) is 14.9. The first-order valence-corrected chi connectivity index (χ1v) is 31.2. The van der Waals surface area contributed by atoms with Crippen LogP contribution in [0.5, 0.6) is 28.9 Å². The van der Waals surface area contributed by atoms with E-state index in [2.05, 4.69) is 57.5 Å². The van der Waals surface area contributed by atoms with Crippen LogP contribution in [-0.4, -0.2) is 48.9 Å². The van der Waals surface area contributed by atoms with Gasteiger partial charge in [-0.2, -0.15) is 0 Å². The van der Waals surface area contributed by atoms with Crippen LogP contribution in [0.2, 0.25) is 0 Å². The molecule has 1 atom stereocenters. The lowest BCUT2D eigenvalue weighted by molar-refractivity contribution is 0.0734. The molecular formula is C69H97N3O7S. The van der Waals surface area contributed by atoms with Crippen molar-refractivity contribution in [1.29, 1.82) is 0 Å². The molecule has 0 fully saturated rings. The van der Waals surface area contributed by atoms with Crippen LogP contribution < -0.4 is 34.1 Å². The average Bonchev–Trinajstić information content (AvgIpc) is 3.48. The number of nitrogens with one attached hydrogen (secondary N) is 1. The quantitative estimate of drug-likeness (QED) is 0.0135. The summed E-state index contributed by atoms with van der Waals surface area (Å²) in [6.45, 7) is 13.0. The molecule has 80 heavy (non-hydrogen) atoms. The number of rotatable bonds is 41. The number of carbonyl (C=O) groups is 1. The molecule has 436 valence electrons. The molecule has 0 saturated heterocycles. The molecule has 1 heterocycles. The lowest BCUT2D eigenvalue weighted by atomic mass is 10.0. The summed E-state index contributed by atoms with van der Waals surface area (Å²) in [6, 6.07) is 27.2. The zero-order valence-corrected chi connectivity index (χ0v) is 50.8. The summed E-state index contributed by atoms with van der Waals surface area (Å²) < 4.78 is 33.3. The molecule has 0 bridgehead atoms. The highest BCUT2D eigenvalue weighted by atomic mass is 32.1.